The van der Waals surface area contributed by atoms with Crippen molar-refractivity contribution in [3.63, 3.8) is 0 Å². The van der Waals surface area contributed by atoms with E-state index in [0.29, 0.717) is 6.54 Å². The molecule has 1 aromatic carbocycles. The average Bonchev–Trinajstić information content (AvgIpc) is 2.88. The monoisotopic (exact) mass is 308 g/mol. The highest BCUT2D eigenvalue weighted by molar-refractivity contribution is 5.95. The predicted octanol–water partition coefficient (Wildman–Crippen LogP) is 2.61. The molecule has 1 heterocycles. The molecule has 2 rings (SSSR count). The first kappa shape index (κ1) is 16.8. The van der Waals surface area contributed by atoms with Gasteiger partial charge in [-0.3, -0.25) is 4.79 Å². The van der Waals surface area contributed by atoms with Gasteiger partial charge in [0.05, 0.1) is 11.1 Å². The van der Waals surface area contributed by atoms with Crippen LogP contribution in [0.25, 0.3) is 0 Å². The molecule has 1 amide bonds. The third-order valence-corrected chi connectivity index (χ3v) is 3.15. The minimum atomic E-state index is -4.51. The molecule has 0 radical (unpaired) electrons. The smallest absolute Gasteiger partial charge is 0.350 e. The van der Waals surface area contributed by atoms with E-state index < -0.39 is 17.6 Å². The molecule has 1 atom stereocenters. The van der Waals surface area contributed by atoms with Gasteiger partial charge in [-0.1, -0.05) is 12.1 Å². The molecular weight excluding hydrogens is 293 g/mol. The fraction of sp³-hybridized carbons (Fsp3) is 0.462. The number of rotatable bonds is 3. The van der Waals surface area contributed by atoms with Crippen LogP contribution in [0, 0.1) is 0 Å². The molecule has 1 unspecified atom stereocenters. The summed E-state index contributed by atoms with van der Waals surface area (Å²) in [7, 11) is 0. The molecule has 7 heteroatoms. The number of nitrogens with one attached hydrogen (secondary N) is 2. The van der Waals surface area contributed by atoms with Gasteiger partial charge in [0, 0.05) is 12.6 Å². The van der Waals surface area contributed by atoms with Crippen LogP contribution in [0.4, 0.5) is 13.2 Å². The van der Waals surface area contributed by atoms with Crippen LogP contribution in [-0.4, -0.2) is 25.0 Å². The number of carbonyl (C=O) groups is 1. The summed E-state index contributed by atoms with van der Waals surface area (Å²) in [5, 5.41) is 5.72. The minimum Gasteiger partial charge on any atom is -0.350 e. The van der Waals surface area contributed by atoms with Crippen molar-refractivity contribution in [2.45, 2.75) is 25.1 Å². The highest BCUT2D eigenvalue weighted by Gasteiger charge is 2.34. The van der Waals surface area contributed by atoms with Gasteiger partial charge < -0.3 is 10.6 Å². The zero-order chi connectivity index (χ0) is 13.9. The van der Waals surface area contributed by atoms with E-state index in [-0.39, 0.29) is 24.0 Å². The molecule has 0 spiro atoms. The number of hydrogen-bond donors (Lipinski definition) is 2. The van der Waals surface area contributed by atoms with E-state index in [4.69, 9.17) is 0 Å². The van der Waals surface area contributed by atoms with Crippen molar-refractivity contribution in [3.05, 3.63) is 35.4 Å². The molecule has 1 aliphatic rings. The summed E-state index contributed by atoms with van der Waals surface area (Å²) in [6.07, 6.45) is -2.56. The lowest BCUT2D eigenvalue weighted by Gasteiger charge is -2.14. The van der Waals surface area contributed by atoms with Crippen molar-refractivity contribution in [2.75, 3.05) is 13.1 Å². The molecule has 1 aromatic rings. The van der Waals surface area contributed by atoms with Crippen molar-refractivity contribution in [1.29, 1.82) is 0 Å². The number of hydrogen-bond acceptors (Lipinski definition) is 2. The summed E-state index contributed by atoms with van der Waals surface area (Å²) in [5.74, 6) is -0.679. The molecule has 1 saturated heterocycles. The van der Waals surface area contributed by atoms with E-state index in [1.807, 2.05) is 0 Å². The third-order valence-electron chi connectivity index (χ3n) is 3.15. The number of halogens is 4. The van der Waals surface area contributed by atoms with Gasteiger partial charge in [-0.15, -0.1) is 12.4 Å². The van der Waals surface area contributed by atoms with E-state index >= 15 is 0 Å². The van der Waals surface area contributed by atoms with Crippen LogP contribution in [-0.2, 0) is 6.18 Å². The molecule has 112 valence electrons. The lowest BCUT2D eigenvalue weighted by molar-refractivity contribution is -0.137. The maximum atomic E-state index is 12.8. The van der Waals surface area contributed by atoms with Gasteiger partial charge in [0.1, 0.15) is 0 Å². The Bertz CT molecular complexity index is 459. The highest BCUT2D eigenvalue weighted by atomic mass is 35.5. The van der Waals surface area contributed by atoms with Crippen LogP contribution in [0.15, 0.2) is 24.3 Å². The second-order valence-corrected chi connectivity index (χ2v) is 4.55. The first-order chi connectivity index (χ1) is 8.98. The summed E-state index contributed by atoms with van der Waals surface area (Å²) in [4.78, 5) is 11.8. The van der Waals surface area contributed by atoms with Crippen LogP contribution in [0.1, 0.15) is 28.8 Å². The summed E-state index contributed by atoms with van der Waals surface area (Å²) in [6, 6.07) is 4.97. The van der Waals surface area contributed by atoms with E-state index in [0.717, 1.165) is 25.5 Å². The average molecular weight is 309 g/mol. The molecule has 1 fully saturated rings. The molecule has 0 aromatic heterocycles. The summed E-state index contributed by atoms with van der Waals surface area (Å²) in [6.45, 7) is 1.24. The molecule has 3 nitrogen and oxygen atoms in total. The number of carbonyl (C=O) groups excluding carboxylic acids is 1. The topological polar surface area (TPSA) is 41.1 Å². The van der Waals surface area contributed by atoms with Gasteiger partial charge in [-0.25, -0.2) is 0 Å². The predicted molar refractivity (Wildman–Crippen MR) is 72.0 cm³/mol. The Labute approximate surface area is 121 Å². The van der Waals surface area contributed by atoms with Crippen molar-refractivity contribution >= 4 is 18.3 Å². The molecule has 2 N–H and O–H groups in total. The lowest BCUT2D eigenvalue weighted by Crippen LogP contribution is -2.37. The standard InChI is InChI=1S/C13H15F3N2O.ClH/c14-13(15,16)11-6-2-1-5-10(11)12(19)18-8-9-4-3-7-17-9;/h1-2,5-6,9,17H,3-4,7-8H2,(H,18,19);1H. The first-order valence-corrected chi connectivity index (χ1v) is 6.16. The molecule has 1 aliphatic heterocycles. The normalized spacial score (nSPS) is 18.4. The number of alkyl halides is 3. The fourth-order valence-electron chi connectivity index (χ4n) is 2.17. The maximum absolute atomic E-state index is 12.8. The second-order valence-electron chi connectivity index (χ2n) is 4.55. The fourth-order valence-corrected chi connectivity index (χ4v) is 2.17. The van der Waals surface area contributed by atoms with Crippen LogP contribution in [0.2, 0.25) is 0 Å². The summed E-state index contributed by atoms with van der Waals surface area (Å²) >= 11 is 0. The van der Waals surface area contributed by atoms with E-state index in [1.54, 1.807) is 0 Å². The summed E-state index contributed by atoms with van der Waals surface area (Å²) in [5.41, 5.74) is -1.22. The van der Waals surface area contributed by atoms with Crippen LogP contribution >= 0.6 is 12.4 Å². The molecule has 0 aliphatic carbocycles. The molecule has 0 bridgehead atoms. The van der Waals surface area contributed by atoms with Gasteiger partial charge in [-0.2, -0.15) is 13.2 Å². The quantitative estimate of drug-likeness (QED) is 0.901. The van der Waals surface area contributed by atoms with E-state index in [2.05, 4.69) is 10.6 Å². The van der Waals surface area contributed by atoms with Gasteiger partial charge in [0.15, 0.2) is 0 Å². The zero-order valence-corrected chi connectivity index (χ0v) is 11.5. The van der Waals surface area contributed by atoms with E-state index in [1.165, 1.54) is 18.2 Å². The molecule has 20 heavy (non-hydrogen) atoms. The Morgan fingerprint density at radius 1 is 1.35 bits per heavy atom. The Balaban J connectivity index is 0.00000200. The Morgan fingerprint density at radius 3 is 2.65 bits per heavy atom. The lowest BCUT2D eigenvalue weighted by atomic mass is 10.1. The Morgan fingerprint density at radius 2 is 2.05 bits per heavy atom. The largest absolute Gasteiger partial charge is 0.417 e. The second kappa shape index (κ2) is 6.95. The Hall–Kier alpha value is -1.27. The van der Waals surface area contributed by atoms with Crippen LogP contribution in [0.5, 0.6) is 0 Å². The molecular formula is C13H16ClF3N2O. The van der Waals surface area contributed by atoms with Crippen LogP contribution in [0.3, 0.4) is 0 Å². The first-order valence-electron chi connectivity index (χ1n) is 6.16. The SMILES string of the molecule is Cl.O=C(NCC1CCCN1)c1ccccc1C(F)(F)F. The van der Waals surface area contributed by atoms with Gasteiger partial charge >= 0.3 is 6.18 Å². The van der Waals surface area contributed by atoms with Gasteiger partial charge in [0.2, 0.25) is 0 Å². The Kier molecular flexibility index (Phi) is 5.83. The van der Waals surface area contributed by atoms with Crippen LogP contribution < -0.4 is 10.6 Å². The highest BCUT2D eigenvalue weighted by Crippen LogP contribution is 2.31. The van der Waals surface area contributed by atoms with E-state index in [9.17, 15) is 18.0 Å². The van der Waals surface area contributed by atoms with Crippen molar-refractivity contribution in [1.82, 2.24) is 10.6 Å². The van der Waals surface area contributed by atoms with Crippen molar-refractivity contribution in [2.24, 2.45) is 0 Å². The van der Waals surface area contributed by atoms with Crippen molar-refractivity contribution < 1.29 is 18.0 Å². The van der Waals surface area contributed by atoms with Crippen molar-refractivity contribution in [3.8, 4) is 0 Å². The third kappa shape index (κ3) is 4.11. The zero-order valence-electron chi connectivity index (χ0n) is 10.7. The minimum absolute atomic E-state index is 0. The van der Waals surface area contributed by atoms with Gasteiger partial charge in [0.25, 0.3) is 5.91 Å². The summed E-state index contributed by atoms with van der Waals surface area (Å²) < 4.78 is 38.3. The van der Waals surface area contributed by atoms with Gasteiger partial charge in [-0.05, 0) is 31.5 Å². The number of amides is 1. The molecule has 0 saturated carbocycles. The maximum Gasteiger partial charge on any atom is 0.417 e. The number of benzene rings is 1.